The molecule has 7 heteroatoms. The minimum absolute atomic E-state index is 0.0293. The highest BCUT2D eigenvalue weighted by molar-refractivity contribution is 7.92. The molecule has 1 saturated heterocycles. The van der Waals surface area contributed by atoms with E-state index < -0.39 is 10.0 Å². The molecule has 0 atom stereocenters. The number of amides is 1. The van der Waals surface area contributed by atoms with E-state index in [0.717, 1.165) is 22.4 Å². The normalized spacial score (nSPS) is 15.2. The highest BCUT2D eigenvalue weighted by Gasteiger charge is 2.29. The summed E-state index contributed by atoms with van der Waals surface area (Å²) in [4.78, 5) is 12.7. The summed E-state index contributed by atoms with van der Waals surface area (Å²) in [6.07, 6.45) is 2.63. The molecule has 0 radical (unpaired) electrons. The lowest BCUT2D eigenvalue weighted by Gasteiger charge is -2.29. The molecule has 1 N–H and O–H groups in total. The molecule has 6 nitrogen and oxygen atoms in total. The Hall–Kier alpha value is -3.42. The predicted octanol–water partition coefficient (Wildman–Crippen LogP) is 4.59. The number of ether oxygens (including phenoxy) is 1. The van der Waals surface area contributed by atoms with Gasteiger partial charge in [0.25, 0.3) is 0 Å². The quantitative estimate of drug-likeness (QED) is 0.476. The Kier molecular flexibility index (Phi) is 8.34. The smallest absolute Gasteiger partial charge is 0.236 e. The van der Waals surface area contributed by atoms with Crippen molar-refractivity contribution in [2.75, 3.05) is 13.1 Å². The molecule has 0 unspecified atom stereocenters. The molecule has 0 aliphatic carbocycles. The zero-order chi connectivity index (χ0) is 24.5. The number of hydrogen-bond acceptors (Lipinski definition) is 4. The molecule has 1 fully saturated rings. The van der Waals surface area contributed by atoms with Crippen molar-refractivity contribution in [2.45, 2.75) is 26.0 Å². The molecule has 0 aromatic heterocycles. The SMILES string of the molecule is O=C(NCc1ccc(COc2ccccc2)cc1)C1CCN(S(=O)(=O)/C=C/c2ccccc2)CC1. The third kappa shape index (κ3) is 7.28. The molecule has 0 saturated carbocycles. The minimum atomic E-state index is -3.50. The van der Waals surface area contributed by atoms with Gasteiger partial charge in [-0.15, -0.1) is 0 Å². The van der Waals surface area contributed by atoms with E-state index in [1.165, 1.54) is 9.71 Å². The van der Waals surface area contributed by atoms with Gasteiger partial charge in [0.15, 0.2) is 0 Å². The standard InChI is InChI=1S/C28H30N2O4S/c31-28(29-21-24-11-13-25(14-12-24)22-34-27-9-5-2-6-10-27)26-15-18-30(19-16-26)35(32,33)20-17-23-7-3-1-4-8-23/h1-14,17,20,26H,15-16,18-19,21-22H2,(H,29,31)/b20-17+. The molecule has 182 valence electrons. The van der Waals surface area contributed by atoms with Crippen molar-refractivity contribution in [3.8, 4) is 5.75 Å². The molecule has 4 rings (SSSR count). The van der Waals surface area contributed by atoms with Gasteiger partial charge in [0.1, 0.15) is 12.4 Å². The number of sulfonamides is 1. The van der Waals surface area contributed by atoms with Crippen LogP contribution in [0.4, 0.5) is 0 Å². The summed E-state index contributed by atoms with van der Waals surface area (Å²) >= 11 is 0. The van der Waals surface area contributed by atoms with Crippen LogP contribution in [-0.4, -0.2) is 31.7 Å². The lowest BCUT2D eigenvalue weighted by Crippen LogP contribution is -2.42. The molecule has 0 spiro atoms. The summed E-state index contributed by atoms with van der Waals surface area (Å²) in [5, 5.41) is 4.24. The fourth-order valence-electron chi connectivity index (χ4n) is 3.96. The van der Waals surface area contributed by atoms with Crippen LogP contribution < -0.4 is 10.1 Å². The molecule has 1 aliphatic heterocycles. The van der Waals surface area contributed by atoms with Gasteiger partial charge >= 0.3 is 0 Å². The highest BCUT2D eigenvalue weighted by atomic mass is 32.2. The molecular weight excluding hydrogens is 460 g/mol. The second-order valence-electron chi connectivity index (χ2n) is 8.57. The number of piperidine rings is 1. The van der Waals surface area contributed by atoms with Crippen LogP contribution in [0.1, 0.15) is 29.5 Å². The maximum absolute atomic E-state index is 12.7. The Labute approximate surface area is 207 Å². The van der Waals surface area contributed by atoms with Crippen LogP contribution in [0, 0.1) is 5.92 Å². The first-order valence-corrected chi connectivity index (χ1v) is 13.3. The van der Waals surface area contributed by atoms with Gasteiger partial charge in [0, 0.05) is 31.0 Å². The van der Waals surface area contributed by atoms with Crippen molar-refractivity contribution >= 4 is 22.0 Å². The number of nitrogens with one attached hydrogen (secondary N) is 1. The number of hydrogen-bond donors (Lipinski definition) is 1. The topological polar surface area (TPSA) is 75.7 Å². The first-order valence-electron chi connectivity index (χ1n) is 11.8. The number of para-hydroxylation sites is 1. The number of nitrogens with zero attached hydrogens (tertiary/aromatic N) is 1. The lowest BCUT2D eigenvalue weighted by molar-refractivity contribution is -0.126. The van der Waals surface area contributed by atoms with Crippen molar-refractivity contribution in [3.05, 3.63) is 107 Å². The number of benzene rings is 3. The first kappa shape index (κ1) is 24.7. The Balaban J connectivity index is 1.21. The van der Waals surface area contributed by atoms with Gasteiger partial charge in [0.05, 0.1) is 0 Å². The molecule has 35 heavy (non-hydrogen) atoms. The third-order valence-corrected chi connectivity index (χ3v) is 7.62. The predicted molar refractivity (Wildman–Crippen MR) is 138 cm³/mol. The summed E-state index contributed by atoms with van der Waals surface area (Å²) in [6, 6.07) is 27.0. The van der Waals surface area contributed by atoms with E-state index in [9.17, 15) is 13.2 Å². The molecule has 3 aromatic rings. The Morgan fingerprint density at radius 1 is 0.886 bits per heavy atom. The monoisotopic (exact) mass is 490 g/mol. The summed E-state index contributed by atoms with van der Waals surface area (Å²) < 4.78 is 32.5. The van der Waals surface area contributed by atoms with Crippen LogP contribution in [0.2, 0.25) is 0 Å². The fraction of sp³-hybridized carbons (Fsp3) is 0.250. The summed E-state index contributed by atoms with van der Waals surface area (Å²) in [6.45, 7) is 1.61. The van der Waals surface area contributed by atoms with E-state index >= 15 is 0 Å². The average molecular weight is 491 g/mol. The van der Waals surface area contributed by atoms with E-state index in [4.69, 9.17) is 4.74 Å². The van der Waals surface area contributed by atoms with Crippen LogP contribution in [0.25, 0.3) is 6.08 Å². The zero-order valence-corrected chi connectivity index (χ0v) is 20.4. The Morgan fingerprint density at radius 3 is 2.14 bits per heavy atom. The van der Waals surface area contributed by atoms with Crippen LogP contribution in [0.15, 0.2) is 90.3 Å². The van der Waals surface area contributed by atoms with Crippen molar-refractivity contribution in [1.29, 1.82) is 0 Å². The molecule has 1 amide bonds. The van der Waals surface area contributed by atoms with Crippen LogP contribution in [0.5, 0.6) is 5.75 Å². The maximum atomic E-state index is 12.7. The van der Waals surface area contributed by atoms with Gasteiger partial charge < -0.3 is 10.1 Å². The lowest BCUT2D eigenvalue weighted by atomic mass is 9.97. The van der Waals surface area contributed by atoms with Gasteiger partial charge in [-0.05, 0) is 47.7 Å². The van der Waals surface area contributed by atoms with Crippen molar-refractivity contribution in [1.82, 2.24) is 9.62 Å². The molecule has 1 heterocycles. The molecule has 3 aromatic carbocycles. The summed E-state index contributed by atoms with van der Waals surface area (Å²) in [7, 11) is -3.50. The van der Waals surface area contributed by atoms with Gasteiger partial charge in [-0.3, -0.25) is 4.79 Å². The second-order valence-corrected chi connectivity index (χ2v) is 10.4. The molecule has 0 bridgehead atoms. The summed E-state index contributed by atoms with van der Waals surface area (Å²) in [5.74, 6) is 0.617. The number of carbonyl (C=O) groups is 1. The number of rotatable bonds is 9. The van der Waals surface area contributed by atoms with Crippen molar-refractivity contribution in [2.24, 2.45) is 5.92 Å². The third-order valence-electron chi connectivity index (χ3n) is 6.06. The van der Waals surface area contributed by atoms with Gasteiger partial charge in [0.2, 0.25) is 15.9 Å². The second kappa shape index (κ2) is 11.8. The van der Waals surface area contributed by atoms with Crippen LogP contribution in [0.3, 0.4) is 0 Å². The van der Waals surface area contributed by atoms with Gasteiger partial charge in [-0.1, -0.05) is 72.8 Å². The van der Waals surface area contributed by atoms with E-state index in [0.29, 0.717) is 39.1 Å². The Bertz CT molecular complexity index is 1220. The van der Waals surface area contributed by atoms with E-state index in [-0.39, 0.29) is 11.8 Å². The minimum Gasteiger partial charge on any atom is -0.489 e. The Morgan fingerprint density at radius 2 is 1.49 bits per heavy atom. The van der Waals surface area contributed by atoms with Crippen LogP contribution >= 0.6 is 0 Å². The molecular formula is C28H30N2O4S. The van der Waals surface area contributed by atoms with E-state index in [1.807, 2.05) is 84.9 Å². The van der Waals surface area contributed by atoms with E-state index in [1.54, 1.807) is 6.08 Å². The first-order chi connectivity index (χ1) is 17.0. The number of carbonyl (C=O) groups excluding carboxylic acids is 1. The van der Waals surface area contributed by atoms with Crippen molar-refractivity contribution in [3.63, 3.8) is 0 Å². The van der Waals surface area contributed by atoms with Gasteiger partial charge in [-0.25, -0.2) is 8.42 Å². The van der Waals surface area contributed by atoms with Crippen LogP contribution in [-0.2, 0) is 28.0 Å². The fourth-order valence-corrected chi connectivity index (χ4v) is 5.18. The van der Waals surface area contributed by atoms with E-state index in [2.05, 4.69) is 5.32 Å². The average Bonchev–Trinajstić information content (AvgIpc) is 2.91. The molecule has 1 aliphatic rings. The van der Waals surface area contributed by atoms with Gasteiger partial charge in [-0.2, -0.15) is 4.31 Å². The zero-order valence-electron chi connectivity index (χ0n) is 19.5. The maximum Gasteiger partial charge on any atom is 0.236 e. The summed E-state index contributed by atoms with van der Waals surface area (Å²) in [5.41, 5.74) is 2.90. The highest BCUT2D eigenvalue weighted by Crippen LogP contribution is 2.21. The van der Waals surface area contributed by atoms with Crippen molar-refractivity contribution < 1.29 is 17.9 Å². The largest absolute Gasteiger partial charge is 0.489 e.